The maximum Gasteiger partial charge on any atom is 0.310 e. The van der Waals surface area contributed by atoms with Gasteiger partial charge in [-0.2, -0.15) is 0 Å². The summed E-state index contributed by atoms with van der Waals surface area (Å²) < 4.78 is 27.5. The molecule has 0 aromatic carbocycles. The SMILES string of the molecule is COC(=O)CC[C@]12C(Br)=C(Br)[C@H]([C@H](C(=O)OC)[C@@H]1C(=O)OC)C2(OC)OC. The van der Waals surface area contributed by atoms with Gasteiger partial charge in [-0.05, 0) is 6.42 Å². The maximum absolute atomic E-state index is 12.8. The van der Waals surface area contributed by atoms with Crippen molar-refractivity contribution in [1.29, 1.82) is 0 Å². The summed E-state index contributed by atoms with van der Waals surface area (Å²) in [6, 6.07) is 0. The van der Waals surface area contributed by atoms with Crippen LogP contribution in [-0.4, -0.2) is 59.2 Å². The summed E-state index contributed by atoms with van der Waals surface area (Å²) >= 11 is 7.05. The van der Waals surface area contributed by atoms with E-state index in [0.29, 0.717) is 8.96 Å². The summed E-state index contributed by atoms with van der Waals surface area (Å²) in [5.41, 5.74) is -1.19. The number of ether oxygens (including phenoxy) is 5. The van der Waals surface area contributed by atoms with Gasteiger partial charge in [0.25, 0.3) is 0 Å². The zero-order chi connectivity index (χ0) is 20.6. The fourth-order valence-corrected chi connectivity index (χ4v) is 6.53. The molecule has 0 heterocycles. The number of hydrogen-bond acceptors (Lipinski definition) is 8. The highest BCUT2D eigenvalue weighted by molar-refractivity contribution is 9.14. The molecule has 2 aliphatic carbocycles. The van der Waals surface area contributed by atoms with Crippen LogP contribution >= 0.6 is 31.9 Å². The normalized spacial score (nSPS) is 31.0. The molecular weight excluding hydrogens is 492 g/mol. The van der Waals surface area contributed by atoms with Gasteiger partial charge in [0, 0.05) is 29.6 Å². The molecule has 0 aliphatic heterocycles. The molecule has 0 N–H and O–H groups in total. The van der Waals surface area contributed by atoms with E-state index in [1.165, 1.54) is 35.5 Å². The molecule has 1 fully saturated rings. The molecule has 1 saturated carbocycles. The number of fused-ring (bicyclic) bond motifs is 2. The van der Waals surface area contributed by atoms with E-state index in [4.69, 9.17) is 23.7 Å². The van der Waals surface area contributed by atoms with Crippen molar-refractivity contribution in [2.45, 2.75) is 18.6 Å². The topological polar surface area (TPSA) is 97.4 Å². The van der Waals surface area contributed by atoms with Crippen molar-refractivity contribution in [3.8, 4) is 0 Å². The molecule has 0 amide bonds. The molecule has 4 atom stereocenters. The number of esters is 3. The zero-order valence-corrected chi connectivity index (χ0v) is 18.8. The predicted octanol–water partition coefficient (Wildman–Crippen LogP) is 2.14. The molecule has 8 nitrogen and oxygen atoms in total. The number of methoxy groups -OCH3 is 5. The average Bonchev–Trinajstić information content (AvgIpc) is 3.05. The fourth-order valence-electron chi connectivity index (χ4n) is 4.62. The highest BCUT2D eigenvalue weighted by Gasteiger charge is 2.80. The van der Waals surface area contributed by atoms with Crippen LogP contribution in [0, 0.1) is 23.2 Å². The molecule has 0 radical (unpaired) electrons. The first kappa shape index (κ1) is 22.3. The van der Waals surface area contributed by atoms with Crippen molar-refractivity contribution < 1.29 is 38.1 Å². The van der Waals surface area contributed by atoms with E-state index in [-0.39, 0.29) is 12.8 Å². The van der Waals surface area contributed by atoms with E-state index in [1.54, 1.807) is 0 Å². The van der Waals surface area contributed by atoms with Crippen LogP contribution in [-0.2, 0) is 38.1 Å². The molecule has 2 bridgehead atoms. The van der Waals surface area contributed by atoms with Crippen LogP contribution in [0.4, 0.5) is 0 Å². The van der Waals surface area contributed by atoms with Gasteiger partial charge in [0.1, 0.15) is 0 Å². The van der Waals surface area contributed by atoms with Gasteiger partial charge in [-0.1, -0.05) is 31.9 Å². The predicted molar refractivity (Wildman–Crippen MR) is 99.8 cm³/mol. The Balaban J connectivity index is 2.76. The van der Waals surface area contributed by atoms with Crippen LogP contribution in [0.15, 0.2) is 8.96 Å². The zero-order valence-electron chi connectivity index (χ0n) is 15.7. The summed E-state index contributed by atoms with van der Waals surface area (Å²) in [6.07, 6.45) is 0.106. The smallest absolute Gasteiger partial charge is 0.310 e. The molecule has 2 aliphatic rings. The summed E-state index contributed by atoms with van der Waals surface area (Å²) in [7, 11) is 6.64. The van der Waals surface area contributed by atoms with Crippen LogP contribution < -0.4 is 0 Å². The molecule has 27 heavy (non-hydrogen) atoms. The van der Waals surface area contributed by atoms with Crippen LogP contribution in [0.2, 0.25) is 0 Å². The molecule has 0 aromatic rings. The Morgan fingerprint density at radius 3 is 1.93 bits per heavy atom. The first-order valence-electron chi connectivity index (χ1n) is 8.12. The van der Waals surface area contributed by atoms with Crippen molar-refractivity contribution in [3.63, 3.8) is 0 Å². The number of carbonyl (C=O) groups excluding carboxylic acids is 3. The lowest BCUT2D eigenvalue weighted by Gasteiger charge is -2.43. The Hall–Kier alpha value is -0.970. The van der Waals surface area contributed by atoms with Gasteiger partial charge in [0.15, 0.2) is 5.79 Å². The second-order valence-corrected chi connectivity index (χ2v) is 7.96. The molecule has 0 saturated heterocycles. The third-order valence-corrected chi connectivity index (χ3v) is 8.20. The van der Waals surface area contributed by atoms with Crippen molar-refractivity contribution in [2.24, 2.45) is 23.2 Å². The Morgan fingerprint density at radius 1 is 0.926 bits per heavy atom. The van der Waals surface area contributed by atoms with E-state index < -0.39 is 46.9 Å². The first-order valence-corrected chi connectivity index (χ1v) is 9.71. The lowest BCUT2D eigenvalue weighted by molar-refractivity contribution is -0.266. The van der Waals surface area contributed by atoms with Crippen molar-refractivity contribution in [1.82, 2.24) is 0 Å². The summed E-state index contributed by atoms with van der Waals surface area (Å²) in [5.74, 6) is -5.64. The monoisotopic (exact) mass is 512 g/mol. The van der Waals surface area contributed by atoms with E-state index in [1.807, 2.05) is 0 Å². The molecule has 0 unspecified atom stereocenters. The lowest BCUT2D eigenvalue weighted by Crippen LogP contribution is -2.52. The Labute approximate surface area is 174 Å². The van der Waals surface area contributed by atoms with Gasteiger partial charge in [-0.3, -0.25) is 14.4 Å². The van der Waals surface area contributed by atoms with Gasteiger partial charge >= 0.3 is 17.9 Å². The molecule has 2 rings (SSSR count). The molecule has 0 spiro atoms. The largest absolute Gasteiger partial charge is 0.469 e. The third kappa shape index (κ3) is 2.87. The van der Waals surface area contributed by atoms with Gasteiger partial charge < -0.3 is 23.7 Å². The highest BCUT2D eigenvalue weighted by Crippen LogP contribution is 2.74. The Kier molecular flexibility index (Phi) is 6.76. The Bertz CT molecular complexity index is 672. The van der Waals surface area contributed by atoms with Crippen molar-refractivity contribution in [3.05, 3.63) is 8.96 Å². The van der Waals surface area contributed by atoms with Gasteiger partial charge in [-0.15, -0.1) is 0 Å². The van der Waals surface area contributed by atoms with Crippen LogP contribution in [0.5, 0.6) is 0 Å². The maximum atomic E-state index is 12.8. The number of carbonyl (C=O) groups is 3. The lowest BCUT2D eigenvalue weighted by atomic mass is 9.69. The third-order valence-electron chi connectivity index (χ3n) is 5.64. The molecular formula is C17H22Br2O8. The van der Waals surface area contributed by atoms with E-state index >= 15 is 0 Å². The van der Waals surface area contributed by atoms with Gasteiger partial charge in [0.05, 0.1) is 44.5 Å². The average molecular weight is 514 g/mol. The minimum absolute atomic E-state index is 0.0194. The summed E-state index contributed by atoms with van der Waals surface area (Å²) in [6.45, 7) is 0. The number of hydrogen-bond donors (Lipinski definition) is 0. The second-order valence-electron chi connectivity index (χ2n) is 6.31. The van der Waals surface area contributed by atoms with Crippen molar-refractivity contribution in [2.75, 3.05) is 35.5 Å². The summed E-state index contributed by atoms with van der Waals surface area (Å²) in [4.78, 5) is 37.3. The fraction of sp³-hybridized carbons (Fsp3) is 0.706. The molecule has 10 heteroatoms. The van der Waals surface area contributed by atoms with Crippen molar-refractivity contribution >= 4 is 49.8 Å². The molecule has 0 aromatic heterocycles. The van der Waals surface area contributed by atoms with E-state index in [9.17, 15) is 14.4 Å². The number of rotatable bonds is 7. The molecule has 152 valence electrons. The minimum Gasteiger partial charge on any atom is -0.469 e. The Morgan fingerprint density at radius 2 is 1.48 bits per heavy atom. The highest BCUT2D eigenvalue weighted by atomic mass is 79.9. The number of halogens is 2. The van der Waals surface area contributed by atoms with Crippen LogP contribution in [0.3, 0.4) is 0 Å². The first-order chi connectivity index (χ1) is 12.7. The van der Waals surface area contributed by atoms with Gasteiger partial charge in [-0.25, -0.2) is 0 Å². The van der Waals surface area contributed by atoms with E-state index in [2.05, 4.69) is 31.9 Å². The standard InChI is InChI=1S/C17H22Br2O8/c1-23-8(20)6-7-16-11(15(22)25-3)9(14(21)24-2)10(12(18)13(16)19)17(16,26-4)27-5/h9-11H,6-7H2,1-5H3/t9-,10-,11+,16+/m0/s1. The summed E-state index contributed by atoms with van der Waals surface area (Å²) in [5, 5.41) is 0. The van der Waals surface area contributed by atoms with Crippen LogP contribution in [0.1, 0.15) is 12.8 Å². The van der Waals surface area contributed by atoms with E-state index in [0.717, 1.165) is 0 Å². The second kappa shape index (κ2) is 8.18. The minimum atomic E-state index is -1.39. The van der Waals surface area contributed by atoms with Gasteiger partial charge in [0.2, 0.25) is 0 Å². The quantitative estimate of drug-likeness (QED) is 0.290. The van der Waals surface area contributed by atoms with Crippen LogP contribution in [0.25, 0.3) is 0 Å².